The summed E-state index contributed by atoms with van der Waals surface area (Å²) >= 11 is 1.44. The molecule has 6 nitrogen and oxygen atoms in total. The Balaban J connectivity index is 2.28. The lowest BCUT2D eigenvalue weighted by Gasteiger charge is -2.15. The number of hydrogen-bond acceptors (Lipinski definition) is 5. The second-order valence-electron chi connectivity index (χ2n) is 6.28. The summed E-state index contributed by atoms with van der Waals surface area (Å²) in [7, 11) is 0. The molecule has 7 heteroatoms. The molecule has 0 radical (unpaired) electrons. The van der Waals surface area contributed by atoms with Crippen LogP contribution in [-0.2, 0) is 27.2 Å². The van der Waals surface area contributed by atoms with Crippen molar-refractivity contribution in [3.63, 3.8) is 0 Å². The number of aryl methyl sites for hydroxylation is 1. The zero-order valence-corrected chi connectivity index (χ0v) is 15.3. The molecular formula is C17H24N2O4S. The first-order chi connectivity index (χ1) is 11.3. The van der Waals surface area contributed by atoms with E-state index in [2.05, 4.69) is 10.6 Å². The summed E-state index contributed by atoms with van der Waals surface area (Å²) in [5.74, 6) is -1.02. The van der Waals surface area contributed by atoms with Crippen LogP contribution in [0.5, 0.6) is 0 Å². The Morgan fingerprint density at radius 3 is 2.42 bits per heavy atom. The quantitative estimate of drug-likeness (QED) is 0.798. The zero-order chi connectivity index (χ0) is 17.9. The van der Waals surface area contributed by atoms with Gasteiger partial charge in [0.25, 0.3) is 0 Å². The lowest BCUT2D eigenvalue weighted by Crippen LogP contribution is -2.40. The maximum Gasteiger partial charge on any atom is 0.341 e. The Hall–Kier alpha value is -1.89. The third kappa shape index (κ3) is 4.35. The molecule has 0 saturated heterocycles. The standard InChI is InChI=1S/C17H24N2O4S/c1-9(2)23-17(22)14-12-7-5-6-8-13(12)24-16(14)19-15(21)10(3)18-11(4)20/h9-10H,5-8H2,1-4H3,(H,18,20)(H,19,21). The minimum absolute atomic E-state index is 0.224. The number of carbonyl (C=O) groups is 3. The molecule has 1 aliphatic rings. The summed E-state index contributed by atoms with van der Waals surface area (Å²) in [6, 6.07) is -0.671. The third-order valence-electron chi connectivity index (χ3n) is 3.77. The summed E-state index contributed by atoms with van der Waals surface area (Å²) in [4.78, 5) is 37.0. The van der Waals surface area contributed by atoms with Crippen LogP contribution in [0.1, 0.15) is 61.3 Å². The van der Waals surface area contributed by atoms with E-state index in [1.54, 1.807) is 20.8 Å². The minimum atomic E-state index is -0.671. The maximum atomic E-state index is 12.5. The van der Waals surface area contributed by atoms with Gasteiger partial charge in [-0.1, -0.05) is 0 Å². The van der Waals surface area contributed by atoms with Gasteiger partial charge in [-0.2, -0.15) is 0 Å². The number of nitrogens with one attached hydrogen (secondary N) is 2. The van der Waals surface area contributed by atoms with E-state index in [4.69, 9.17) is 4.74 Å². The minimum Gasteiger partial charge on any atom is -0.459 e. The lowest BCUT2D eigenvalue weighted by atomic mass is 9.95. The van der Waals surface area contributed by atoms with Gasteiger partial charge in [-0.3, -0.25) is 9.59 Å². The van der Waals surface area contributed by atoms with Crippen molar-refractivity contribution in [3.8, 4) is 0 Å². The van der Waals surface area contributed by atoms with Crippen LogP contribution in [-0.4, -0.2) is 29.9 Å². The highest BCUT2D eigenvalue weighted by molar-refractivity contribution is 7.17. The monoisotopic (exact) mass is 352 g/mol. The van der Waals surface area contributed by atoms with E-state index in [0.717, 1.165) is 36.1 Å². The molecule has 132 valence electrons. The molecule has 0 fully saturated rings. The number of carbonyl (C=O) groups excluding carboxylic acids is 3. The average Bonchev–Trinajstić information content (AvgIpc) is 2.83. The summed E-state index contributed by atoms with van der Waals surface area (Å²) in [6.07, 6.45) is 3.63. The van der Waals surface area contributed by atoms with Gasteiger partial charge in [-0.15, -0.1) is 11.3 Å². The van der Waals surface area contributed by atoms with Crippen molar-refractivity contribution in [2.24, 2.45) is 0 Å². The molecule has 1 aromatic heterocycles. The second kappa shape index (κ2) is 7.79. The molecule has 0 aromatic carbocycles. The molecule has 2 rings (SSSR count). The average molecular weight is 352 g/mol. The van der Waals surface area contributed by atoms with Gasteiger partial charge in [0.15, 0.2) is 0 Å². The maximum absolute atomic E-state index is 12.5. The van der Waals surface area contributed by atoms with Gasteiger partial charge in [-0.05, 0) is 52.0 Å². The first kappa shape index (κ1) is 18.4. The van der Waals surface area contributed by atoms with Gasteiger partial charge in [0.2, 0.25) is 11.8 Å². The van der Waals surface area contributed by atoms with Crippen LogP contribution < -0.4 is 10.6 Å². The highest BCUT2D eigenvalue weighted by atomic mass is 32.1. The Labute approximate surface area is 146 Å². The van der Waals surface area contributed by atoms with E-state index in [9.17, 15) is 14.4 Å². The van der Waals surface area contributed by atoms with Crippen LogP contribution in [0, 0.1) is 0 Å². The van der Waals surface area contributed by atoms with E-state index < -0.39 is 12.0 Å². The zero-order valence-electron chi connectivity index (χ0n) is 14.5. The molecule has 1 unspecified atom stereocenters. The van der Waals surface area contributed by atoms with E-state index in [-0.39, 0.29) is 17.9 Å². The highest BCUT2D eigenvalue weighted by Crippen LogP contribution is 2.38. The highest BCUT2D eigenvalue weighted by Gasteiger charge is 2.28. The van der Waals surface area contributed by atoms with Crippen molar-refractivity contribution >= 4 is 34.1 Å². The smallest absolute Gasteiger partial charge is 0.341 e. The third-order valence-corrected chi connectivity index (χ3v) is 4.98. The first-order valence-corrected chi connectivity index (χ1v) is 9.04. The molecule has 2 amide bonds. The molecular weight excluding hydrogens is 328 g/mol. The normalized spacial score (nSPS) is 14.7. The van der Waals surface area contributed by atoms with Gasteiger partial charge in [0.05, 0.1) is 11.7 Å². The van der Waals surface area contributed by atoms with Crippen LogP contribution in [0.15, 0.2) is 0 Å². The van der Waals surface area contributed by atoms with E-state index >= 15 is 0 Å². The number of thiophene rings is 1. The van der Waals surface area contributed by atoms with Crippen molar-refractivity contribution in [2.75, 3.05) is 5.32 Å². The number of anilines is 1. The Bertz CT molecular complexity index is 651. The molecule has 1 heterocycles. The van der Waals surface area contributed by atoms with Crippen molar-refractivity contribution in [1.82, 2.24) is 5.32 Å². The van der Waals surface area contributed by atoms with Crippen LogP contribution in [0.4, 0.5) is 5.00 Å². The lowest BCUT2D eigenvalue weighted by molar-refractivity contribution is -0.124. The number of hydrogen-bond donors (Lipinski definition) is 2. The number of amides is 2. The summed E-state index contributed by atoms with van der Waals surface area (Å²) in [6.45, 7) is 6.57. The molecule has 1 aromatic rings. The Morgan fingerprint density at radius 2 is 1.79 bits per heavy atom. The molecule has 2 N–H and O–H groups in total. The fourth-order valence-electron chi connectivity index (χ4n) is 2.73. The van der Waals surface area contributed by atoms with Crippen molar-refractivity contribution in [2.45, 2.75) is 65.5 Å². The number of ether oxygens (including phenoxy) is 1. The van der Waals surface area contributed by atoms with E-state index in [1.807, 2.05) is 0 Å². The molecule has 0 bridgehead atoms. The van der Waals surface area contributed by atoms with Gasteiger partial charge in [-0.25, -0.2) is 4.79 Å². The van der Waals surface area contributed by atoms with Crippen LogP contribution in [0.25, 0.3) is 0 Å². The van der Waals surface area contributed by atoms with Crippen molar-refractivity contribution < 1.29 is 19.1 Å². The summed E-state index contributed by atoms with van der Waals surface area (Å²) < 4.78 is 5.35. The molecule has 0 saturated carbocycles. The van der Waals surface area contributed by atoms with Crippen LogP contribution in [0.2, 0.25) is 0 Å². The van der Waals surface area contributed by atoms with Crippen LogP contribution >= 0.6 is 11.3 Å². The SMILES string of the molecule is CC(=O)NC(C)C(=O)Nc1sc2c(c1C(=O)OC(C)C)CCCC2. The largest absolute Gasteiger partial charge is 0.459 e. The number of fused-ring (bicyclic) bond motifs is 1. The molecule has 24 heavy (non-hydrogen) atoms. The fourth-order valence-corrected chi connectivity index (χ4v) is 4.01. The van der Waals surface area contributed by atoms with Crippen molar-refractivity contribution in [3.05, 3.63) is 16.0 Å². The Kier molecular flexibility index (Phi) is 5.99. The number of rotatable bonds is 5. The number of esters is 1. The topological polar surface area (TPSA) is 84.5 Å². The van der Waals surface area contributed by atoms with Gasteiger partial charge in [0, 0.05) is 11.8 Å². The van der Waals surface area contributed by atoms with E-state index in [0.29, 0.717) is 10.6 Å². The molecule has 1 aliphatic carbocycles. The van der Waals surface area contributed by atoms with Gasteiger partial charge >= 0.3 is 5.97 Å². The summed E-state index contributed by atoms with van der Waals surface area (Å²) in [5, 5.41) is 5.86. The molecule has 0 aliphatic heterocycles. The first-order valence-electron chi connectivity index (χ1n) is 8.23. The predicted octanol–water partition coefficient (Wildman–Crippen LogP) is 2.66. The molecule has 0 spiro atoms. The van der Waals surface area contributed by atoms with Crippen LogP contribution in [0.3, 0.4) is 0 Å². The van der Waals surface area contributed by atoms with Gasteiger partial charge in [0.1, 0.15) is 11.0 Å². The molecule has 1 atom stereocenters. The van der Waals surface area contributed by atoms with Crippen molar-refractivity contribution in [1.29, 1.82) is 0 Å². The summed E-state index contributed by atoms with van der Waals surface area (Å²) in [5.41, 5.74) is 1.48. The van der Waals surface area contributed by atoms with E-state index in [1.165, 1.54) is 18.3 Å². The fraction of sp³-hybridized carbons (Fsp3) is 0.588. The Morgan fingerprint density at radius 1 is 1.12 bits per heavy atom. The predicted molar refractivity (Wildman–Crippen MR) is 93.4 cm³/mol. The second-order valence-corrected chi connectivity index (χ2v) is 7.39. The van der Waals surface area contributed by atoms with Gasteiger partial charge < -0.3 is 15.4 Å².